The van der Waals surface area contributed by atoms with E-state index in [4.69, 9.17) is 18.6 Å². The number of esters is 1. The number of benzene rings is 1. The summed E-state index contributed by atoms with van der Waals surface area (Å²) in [7, 11) is 2.83. The van der Waals surface area contributed by atoms with Crippen LogP contribution in [0.15, 0.2) is 22.6 Å². The Morgan fingerprint density at radius 1 is 1.11 bits per heavy atom. The molecule has 1 fully saturated rings. The van der Waals surface area contributed by atoms with Crippen LogP contribution in [-0.2, 0) is 14.4 Å². The average molecular weight is 375 g/mol. The summed E-state index contributed by atoms with van der Waals surface area (Å²) in [5.41, 5.74) is 0.235. The van der Waals surface area contributed by atoms with Gasteiger partial charge in [-0.3, -0.25) is 14.4 Å². The summed E-state index contributed by atoms with van der Waals surface area (Å²) in [6.07, 6.45) is -0.0137. The molecule has 9 heteroatoms. The van der Waals surface area contributed by atoms with Crippen molar-refractivity contribution in [3.8, 4) is 34.3 Å². The van der Waals surface area contributed by atoms with Crippen LogP contribution in [0.3, 0.4) is 0 Å². The van der Waals surface area contributed by atoms with Gasteiger partial charge in [0.25, 0.3) is 5.88 Å². The van der Waals surface area contributed by atoms with Gasteiger partial charge in [-0.05, 0) is 12.1 Å². The molecule has 0 spiro atoms. The van der Waals surface area contributed by atoms with Crippen molar-refractivity contribution in [2.75, 3.05) is 19.1 Å². The fraction of sp³-hybridized carbons (Fsp3) is 0.278. The molecular formula is C18H17NO8. The van der Waals surface area contributed by atoms with Crippen LogP contribution in [0.5, 0.6) is 23.0 Å². The van der Waals surface area contributed by atoms with E-state index in [1.807, 2.05) is 0 Å². The topological polar surface area (TPSA) is 116 Å². The van der Waals surface area contributed by atoms with E-state index < -0.39 is 29.3 Å². The highest BCUT2D eigenvalue weighted by Gasteiger charge is 2.39. The molecular weight excluding hydrogens is 358 g/mol. The van der Waals surface area contributed by atoms with E-state index in [0.717, 1.165) is 11.8 Å². The van der Waals surface area contributed by atoms with Gasteiger partial charge in [-0.2, -0.15) is 0 Å². The molecule has 2 heterocycles. The molecule has 3 rings (SSSR count). The normalized spacial score (nSPS) is 13.8. The van der Waals surface area contributed by atoms with Gasteiger partial charge in [-0.1, -0.05) is 6.07 Å². The van der Waals surface area contributed by atoms with E-state index in [1.54, 1.807) is 18.2 Å². The van der Waals surface area contributed by atoms with E-state index >= 15 is 0 Å². The second-order valence-electron chi connectivity index (χ2n) is 5.67. The highest BCUT2D eigenvalue weighted by atomic mass is 16.6. The predicted octanol–water partition coefficient (Wildman–Crippen LogP) is 2.25. The Morgan fingerprint density at radius 3 is 2.15 bits per heavy atom. The van der Waals surface area contributed by atoms with Crippen LogP contribution in [0.4, 0.5) is 5.88 Å². The van der Waals surface area contributed by atoms with E-state index in [1.165, 1.54) is 14.2 Å². The highest BCUT2D eigenvalue weighted by molar-refractivity contribution is 6.20. The zero-order valence-corrected chi connectivity index (χ0v) is 14.9. The maximum atomic E-state index is 12.1. The van der Waals surface area contributed by atoms with Crippen molar-refractivity contribution in [3.05, 3.63) is 18.2 Å². The van der Waals surface area contributed by atoms with Crippen molar-refractivity contribution in [3.63, 3.8) is 0 Å². The highest BCUT2D eigenvalue weighted by Crippen LogP contribution is 2.52. The van der Waals surface area contributed by atoms with Crippen LogP contribution >= 0.6 is 0 Å². The van der Waals surface area contributed by atoms with E-state index in [9.17, 15) is 19.5 Å². The summed E-state index contributed by atoms with van der Waals surface area (Å²) in [6, 6.07) is 4.89. The number of carbonyl (C=O) groups is 3. The van der Waals surface area contributed by atoms with Crippen molar-refractivity contribution in [2.45, 2.75) is 19.8 Å². The lowest BCUT2D eigenvalue weighted by atomic mass is 10.1. The maximum absolute atomic E-state index is 12.1. The van der Waals surface area contributed by atoms with Crippen LogP contribution in [0.2, 0.25) is 0 Å². The minimum atomic E-state index is -0.759. The molecule has 1 N–H and O–H groups in total. The zero-order valence-electron chi connectivity index (χ0n) is 14.9. The van der Waals surface area contributed by atoms with E-state index in [2.05, 4.69) is 0 Å². The molecule has 27 heavy (non-hydrogen) atoms. The Bertz CT molecular complexity index is 891. The predicted molar refractivity (Wildman–Crippen MR) is 91.9 cm³/mol. The molecule has 0 atom stereocenters. The third kappa shape index (κ3) is 3.07. The van der Waals surface area contributed by atoms with Crippen LogP contribution in [0.1, 0.15) is 19.8 Å². The number of amides is 2. The largest absolute Gasteiger partial charge is 0.502 e. The summed E-state index contributed by atoms with van der Waals surface area (Å²) in [4.78, 5) is 36.4. The molecule has 2 aromatic rings. The molecule has 1 saturated heterocycles. The van der Waals surface area contributed by atoms with Gasteiger partial charge in [0.1, 0.15) is 17.1 Å². The summed E-state index contributed by atoms with van der Waals surface area (Å²) in [5, 5.41) is 10.7. The number of furan rings is 1. The molecule has 9 nitrogen and oxygen atoms in total. The van der Waals surface area contributed by atoms with Crippen molar-refractivity contribution >= 4 is 23.7 Å². The minimum absolute atomic E-state index is 0.00683. The van der Waals surface area contributed by atoms with Crippen LogP contribution < -0.4 is 19.1 Å². The molecule has 1 aliphatic heterocycles. The van der Waals surface area contributed by atoms with Gasteiger partial charge in [-0.25, -0.2) is 4.90 Å². The smallest absolute Gasteiger partial charge is 0.308 e. The molecule has 0 bridgehead atoms. The van der Waals surface area contributed by atoms with Gasteiger partial charge in [0.15, 0.2) is 5.76 Å². The number of anilines is 1. The van der Waals surface area contributed by atoms with Crippen LogP contribution in [0, 0.1) is 0 Å². The first-order valence-corrected chi connectivity index (χ1v) is 8.00. The number of hydrogen-bond donors (Lipinski definition) is 1. The maximum Gasteiger partial charge on any atom is 0.308 e. The monoisotopic (exact) mass is 375 g/mol. The molecule has 0 saturated carbocycles. The number of hydrogen-bond acceptors (Lipinski definition) is 8. The van der Waals surface area contributed by atoms with Crippen molar-refractivity contribution in [1.29, 1.82) is 0 Å². The average Bonchev–Trinajstić information content (AvgIpc) is 3.13. The second-order valence-corrected chi connectivity index (χ2v) is 5.67. The van der Waals surface area contributed by atoms with E-state index in [-0.39, 0.29) is 30.0 Å². The molecule has 0 unspecified atom stereocenters. The molecule has 2 amide bonds. The third-order valence-corrected chi connectivity index (χ3v) is 3.98. The lowest BCUT2D eigenvalue weighted by Crippen LogP contribution is -2.28. The van der Waals surface area contributed by atoms with Gasteiger partial charge in [0, 0.05) is 19.8 Å². The first-order valence-electron chi connectivity index (χ1n) is 8.00. The summed E-state index contributed by atoms with van der Waals surface area (Å²) in [5.74, 6) is -2.71. The lowest BCUT2D eigenvalue weighted by molar-refractivity contribution is -0.132. The number of ether oxygens (including phenoxy) is 3. The number of carbonyl (C=O) groups excluding carboxylic acids is 3. The van der Waals surface area contributed by atoms with Crippen molar-refractivity contribution in [1.82, 2.24) is 0 Å². The first kappa shape index (κ1) is 18.3. The number of methoxy groups -OCH3 is 2. The van der Waals surface area contributed by atoms with Crippen molar-refractivity contribution in [2.24, 2.45) is 0 Å². The van der Waals surface area contributed by atoms with Gasteiger partial charge in [-0.15, -0.1) is 0 Å². The molecule has 1 aromatic carbocycles. The Kier molecular flexibility index (Phi) is 4.76. The quantitative estimate of drug-likeness (QED) is 0.625. The Balaban J connectivity index is 2.26. The number of aromatic hydroxyl groups is 1. The molecule has 1 aliphatic rings. The Morgan fingerprint density at radius 2 is 1.67 bits per heavy atom. The molecule has 0 aliphatic carbocycles. The fourth-order valence-electron chi connectivity index (χ4n) is 2.83. The number of imide groups is 1. The lowest BCUT2D eigenvalue weighted by Gasteiger charge is -2.12. The fourth-order valence-corrected chi connectivity index (χ4v) is 2.83. The van der Waals surface area contributed by atoms with Crippen LogP contribution in [-0.4, -0.2) is 37.1 Å². The molecule has 1 aromatic heterocycles. The van der Waals surface area contributed by atoms with E-state index in [0.29, 0.717) is 11.5 Å². The minimum Gasteiger partial charge on any atom is -0.502 e. The summed E-state index contributed by atoms with van der Waals surface area (Å²) >= 11 is 0. The van der Waals surface area contributed by atoms with Crippen molar-refractivity contribution < 1.29 is 38.1 Å². The van der Waals surface area contributed by atoms with Gasteiger partial charge >= 0.3 is 5.97 Å². The Labute approximate surface area is 154 Å². The summed E-state index contributed by atoms with van der Waals surface area (Å²) in [6.45, 7) is 1.12. The first-order chi connectivity index (χ1) is 12.9. The number of nitrogens with zero attached hydrogens (tertiary/aromatic N) is 1. The standard InChI is InChI=1S/C18H17NO8/c1-9(20)26-17-15(23)16(14-10(24-2)5-4-6-11(14)25-3)27-18(17)19-12(21)7-8-13(19)22/h4-6,23H,7-8H2,1-3H3. The summed E-state index contributed by atoms with van der Waals surface area (Å²) < 4.78 is 21.2. The molecule has 0 radical (unpaired) electrons. The van der Waals surface area contributed by atoms with Crippen LogP contribution in [0.25, 0.3) is 11.3 Å². The second kappa shape index (κ2) is 7.02. The Hall–Kier alpha value is -3.49. The number of rotatable bonds is 5. The third-order valence-electron chi connectivity index (χ3n) is 3.98. The van der Waals surface area contributed by atoms with Gasteiger partial charge in [0.05, 0.1) is 14.2 Å². The SMILES string of the molecule is COc1cccc(OC)c1-c1oc(N2C(=O)CCC2=O)c(OC(C)=O)c1O. The zero-order chi connectivity index (χ0) is 19.7. The van der Waals surface area contributed by atoms with Gasteiger partial charge < -0.3 is 23.7 Å². The van der Waals surface area contributed by atoms with Gasteiger partial charge in [0.2, 0.25) is 23.3 Å². The molecule has 142 valence electrons.